The molecule has 0 aliphatic rings. The number of imidazole rings is 1. The van der Waals surface area contributed by atoms with E-state index in [9.17, 15) is 9.59 Å². The van der Waals surface area contributed by atoms with Gasteiger partial charge in [-0.15, -0.1) is 0 Å². The highest BCUT2D eigenvalue weighted by molar-refractivity contribution is 5.72. The van der Waals surface area contributed by atoms with Gasteiger partial charge in [-0.2, -0.15) is 4.98 Å². The average Bonchev–Trinajstić information content (AvgIpc) is 2.77. The number of nitrogens with zero attached hydrogens (tertiary/aromatic N) is 3. The number of anilines is 1. The van der Waals surface area contributed by atoms with Crippen LogP contribution in [0.4, 0.5) is 5.95 Å². The van der Waals surface area contributed by atoms with E-state index in [4.69, 9.17) is 5.11 Å². The first-order chi connectivity index (χ1) is 8.45. The highest BCUT2D eigenvalue weighted by atomic mass is 16.3. The molecule has 0 aliphatic heterocycles. The lowest BCUT2D eigenvalue weighted by atomic mass is 10.4. The molecule has 1 atom stereocenters. The van der Waals surface area contributed by atoms with Gasteiger partial charge in [0.15, 0.2) is 11.2 Å². The summed E-state index contributed by atoms with van der Waals surface area (Å²) in [5.74, 6) is 0.352. The molecule has 0 bridgehead atoms. The van der Waals surface area contributed by atoms with Gasteiger partial charge in [0.25, 0.3) is 5.56 Å². The maximum absolute atomic E-state index is 11.9. The van der Waals surface area contributed by atoms with Crippen LogP contribution >= 0.6 is 0 Å². The molecular formula is C10H15N5O3. The van der Waals surface area contributed by atoms with Crippen LogP contribution in [0.3, 0.4) is 0 Å². The third-order valence-electron chi connectivity index (χ3n) is 2.75. The molecule has 2 aromatic heterocycles. The Hall–Kier alpha value is -2.09. The Morgan fingerprint density at radius 2 is 2.06 bits per heavy atom. The summed E-state index contributed by atoms with van der Waals surface area (Å²) in [7, 11) is 2.96. The molecule has 0 fully saturated rings. The first-order valence-corrected chi connectivity index (χ1v) is 5.48. The number of H-pyrrole nitrogens is 1. The predicted molar refractivity (Wildman–Crippen MR) is 66.7 cm³/mol. The van der Waals surface area contributed by atoms with Crippen LogP contribution < -0.4 is 16.6 Å². The monoisotopic (exact) mass is 253 g/mol. The maximum atomic E-state index is 11.9. The highest BCUT2D eigenvalue weighted by Gasteiger charge is 2.13. The summed E-state index contributed by atoms with van der Waals surface area (Å²) < 4.78 is 2.31. The second-order valence-electron chi connectivity index (χ2n) is 4.22. The quantitative estimate of drug-likeness (QED) is 0.634. The summed E-state index contributed by atoms with van der Waals surface area (Å²) in [5, 5.41) is 11.8. The molecule has 0 saturated heterocycles. The van der Waals surface area contributed by atoms with Crippen LogP contribution in [-0.4, -0.2) is 36.9 Å². The van der Waals surface area contributed by atoms with E-state index in [1.807, 2.05) is 0 Å². The lowest BCUT2D eigenvalue weighted by Gasteiger charge is -2.07. The molecule has 2 heterocycles. The second kappa shape index (κ2) is 4.30. The number of fused-ring (bicyclic) bond motifs is 1. The van der Waals surface area contributed by atoms with Crippen molar-refractivity contribution in [3.63, 3.8) is 0 Å². The standard InChI is InChI=1S/C10H15N5O3/c1-5(4-16)11-9-12-6-7(13-9)14(2)10(18)15(3)8(6)17/h5,16H,4H2,1-3H3,(H2,11,12,13). The average molecular weight is 253 g/mol. The van der Waals surface area contributed by atoms with Gasteiger partial charge in [0, 0.05) is 20.1 Å². The third kappa shape index (κ3) is 1.80. The zero-order valence-electron chi connectivity index (χ0n) is 10.4. The zero-order chi connectivity index (χ0) is 13.4. The molecule has 3 N–H and O–H groups in total. The normalized spacial score (nSPS) is 12.9. The molecule has 2 rings (SSSR count). The molecular weight excluding hydrogens is 238 g/mol. The second-order valence-corrected chi connectivity index (χ2v) is 4.22. The van der Waals surface area contributed by atoms with Crippen molar-refractivity contribution in [2.24, 2.45) is 14.1 Å². The number of aliphatic hydroxyl groups is 1. The van der Waals surface area contributed by atoms with Crippen molar-refractivity contribution in [2.45, 2.75) is 13.0 Å². The van der Waals surface area contributed by atoms with Gasteiger partial charge in [0.2, 0.25) is 5.95 Å². The van der Waals surface area contributed by atoms with Crippen LogP contribution in [0.15, 0.2) is 9.59 Å². The Balaban J connectivity index is 2.65. The Bertz CT molecular complexity index is 696. The fraction of sp³-hybridized carbons (Fsp3) is 0.500. The summed E-state index contributed by atoms with van der Waals surface area (Å²) in [4.78, 5) is 30.5. The topological polar surface area (TPSA) is 105 Å². The van der Waals surface area contributed by atoms with Crippen molar-refractivity contribution in [1.82, 2.24) is 19.1 Å². The van der Waals surface area contributed by atoms with E-state index >= 15 is 0 Å². The van der Waals surface area contributed by atoms with Crippen LogP contribution in [0.25, 0.3) is 11.2 Å². The molecule has 18 heavy (non-hydrogen) atoms. The van der Waals surface area contributed by atoms with Crippen LogP contribution in [0.2, 0.25) is 0 Å². The fourth-order valence-corrected chi connectivity index (χ4v) is 1.67. The summed E-state index contributed by atoms with van der Waals surface area (Å²) in [6.45, 7) is 1.71. The van der Waals surface area contributed by atoms with Gasteiger partial charge < -0.3 is 15.4 Å². The largest absolute Gasteiger partial charge is 0.394 e. The smallest absolute Gasteiger partial charge is 0.332 e. The molecule has 0 amide bonds. The van der Waals surface area contributed by atoms with Gasteiger partial charge in [-0.05, 0) is 6.92 Å². The van der Waals surface area contributed by atoms with E-state index in [-0.39, 0.29) is 23.8 Å². The lowest BCUT2D eigenvalue weighted by molar-refractivity contribution is 0.281. The van der Waals surface area contributed by atoms with E-state index in [0.29, 0.717) is 5.95 Å². The number of nitrogens with one attached hydrogen (secondary N) is 2. The molecule has 0 aliphatic carbocycles. The molecule has 0 spiro atoms. The van der Waals surface area contributed by atoms with E-state index < -0.39 is 11.2 Å². The van der Waals surface area contributed by atoms with Crippen molar-refractivity contribution in [3.05, 3.63) is 20.8 Å². The van der Waals surface area contributed by atoms with E-state index in [0.717, 1.165) is 4.57 Å². The highest BCUT2D eigenvalue weighted by Crippen LogP contribution is 2.08. The molecule has 2 aromatic rings. The number of rotatable bonds is 3. The Kier molecular flexibility index (Phi) is 2.95. The van der Waals surface area contributed by atoms with Crippen molar-refractivity contribution in [3.8, 4) is 0 Å². The summed E-state index contributed by atoms with van der Waals surface area (Å²) in [6.07, 6.45) is 0. The van der Waals surface area contributed by atoms with Gasteiger partial charge in [-0.1, -0.05) is 0 Å². The number of aryl methyl sites for hydroxylation is 1. The van der Waals surface area contributed by atoms with Gasteiger partial charge in [-0.25, -0.2) is 4.79 Å². The Morgan fingerprint density at radius 1 is 1.39 bits per heavy atom. The van der Waals surface area contributed by atoms with Crippen LogP contribution in [0.1, 0.15) is 6.92 Å². The Labute approximate surface area is 102 Å². The maximum Gasteiger partial charge on any atom is 0.332 e. The molecule has 1 unspecified atom stereocenters. The van der Waals surface area contributed by atoms with Crippen molar-refractivity contribution >= 4 is 17.1 Å². The summed E-state index contributed by atoms with van der Waals surface area (Å²) >= 11 is 0. The van der Waals surface area contributed by atoms with Gasteiger partial charge >= 0.3 is 5.69 Å². The third-order valence-corrected chi connectivity index (χ3v) is 2.75. The van der Waals surface area contributed by atoms with E-state index in [2.05, 4.69) is 15.3 Å². The number of aromatic nitrogens is 4. The zero-order valence-corrected chi connectivity index (χ0v) is 10.4. The fourth-order valence-electron chi connectivity index (χ4n) is 1.67. The molecule has 8 heteroatoms. The van der Waals surface area contributed by atoms with Gasteiger partial charge in [0.1, 0.15) is 0 Å². The number of hydrogen-bond acceptors (Lipinski definition) is 5. The summed E-state index contributed by atoms with van der Waals surface area (Å²) in [6, 6.07) is -0.202. The summed E-state index contributed by atoms with van der Waals surface area (Å²) in [5.41, 5.74) is -0.311. The minimum Gasteiger partial charge on any atom is -0.394 e. The van der Waals surface area contributed by atoms with Gasteiger partial charge in [0.05, 0.1) is 6.61 Å². The van der Waals surface area contributed by atoms with Crippen LogP contribution in [-0.2, 0) is 14.1 Å². The van der Waals surface area contributed by atoms with Crippen LogP contribution in [0.5, 0.6) is 0 Å². The van der Waals surface area contributed by atoms with E-state index in [1.165, 1.54) is 11.6 Å². The molecule has 0 radical (unpaired) electrons. The lowest BCUT2D eigenvalue weighted by Crippen LogP contribution is -2.36. The first-order valence-electron chi connectivity index (χ1n) is 5.48. The molecule has 0 saturated carbocycles. The molecule has 8 nitrogen and oxygen atoms in total. The minimum atomic E-state index is -0.430. The number of aromatic amines is 1. The van der Waals surface area contributed by atoms with Gasteiger partial charge in [-0.3, -0.25) is 13.9 Å². The minimum absolute atomic E-state index is 0.0615. The molecule has 98 valence electrons. The Morgan fingerprint density at radius 3 is 2.67 bits per heavy atom. The van der Waals surface area contributed by atoms with Crippen molar-refractivity contribution in [1.29, 1.82) is 0 Å². The number of hydrogen-bond donors (Lipinski definition) is 3. The SMILES string of the molecule is CC(CO)Nc1nc2c([nH]1)c(=O)n(C)c(=O)n2C. The molecule has 0 aromatic carbocycles. The van der Waals surface area contributed by atoms with Crippen molar-refractivity contribution < 1.29 is 5.11 Å². The first kappa shape index (κ1) is 12.4. The van der Waals surface area contributed by atoms with Crippen LogP contribution in [0, 0.1) is 0 Å². The number of aliphatic hydroxyl groups excluding tert-OH is 1. The van der Waals surface area contributed by atoms with E-state index in [1.54, 1.807) is 14.0 Å². The van der Waals surface area contributed by atoms with Crippen molar-refractivity contribution in [2.75, 3.05) is 11.9 Å². The predicted octanol–water partition coefficient (Wildman–Crippen LogP) is -1.25.